The molecule has 1 aromatic carbocycles. The van der Waals surface area contributed by atoms with Gasteiger partial charge in [0.1, 0.15) is 5.75 Å². The largest absolute Gasteiger partial charge is 0.497 e. The number of ether oxygens (including phenoxy) is 1. The second-order valence-electron chi connectivity index (χ2n) is 3.93. The quantitative estimate of drug-likeness (QED) is 0.555. The third-order valence-electron chi connectivity index (χ3n) is 2.52. The molecule has 0 N–H and O–H groups in total. The smallest absolute Gasteiger partial charge is 0.247 e. The van der Waals surface area contributed by atoms with E-state index in [1.807, 2.05) is 24.3 Å². The van der Waals surface area contributed by atoms with Crippen LogP contribution in [0.4, 0.5) is 0 Å². The Morgan fingerprint density at radius 1 is 1.32 bits per heavy atom. The first-order valence-corrected chi connectivity index (χ1v) is 6.04. The summed E-state index contributed by atoms with van der Waals surface area (Å²) in [5.41, 5.74) is 0.921. The summed E-state index contributed by atoms with van der Waals surface area (Å²) >= 11 is 0. The highest BCUT2D eigenvalue weighted by molar-refractivity contribution is 5.92. The van der Waals surface area contributed by atoms with Gasteiger partial charge in [0.15, 0.2) is 0 Å². The lowest BCUT2D eigenvalue weighted by Gasteiger charge is -2.16. The summed E-state index contributed by atoms with van der Waals surface area (Å²) in [7, 11) is 1.61. The molecule has 3 heteroatoms. The van der Waals surface area contributed by atoms with E-state index in [1.54, 1.807) is 36.3 Å². The molecule has 0 bridgehead atoms. The van der Waals surface area contributed by atoms with Crippen molar-refractivity contribution in [1.29, 1.82) is 0 Å². The number of methoxy groups -OCH3 is 1. The summed E-state index contributed by atoms with van der Waals surface area (Å²) in [5, 5.41) is 0. The zero-order chi connectivity index (χ0) is 14.1. The molecule has 0 atom stereocenters. The van der Waals surface area contributed by atoms with Gasteiger partial charge in [0, 0.05) is 19.2 Å². The fraction of sp³-hybridized carbons (Fsp3) is 0.188. The fourth-order valence-electron chi connectivity index (χ4n) is 1.58. The molecule has 3 nitrogen and oxygen atoms in total. The van der Waals surface area contributed by atoms with E-state index < -0.39 is 0 Å². The Balaban J connectivity index is 2.75. The highest BCUT2D eigenvalue weighted by atomic mass is 16.5. The van der Waals surface area contributed by atoms with Crippen LogP contribution in [0.5, 0.6) is 5.75 Å². The second kappa shape index (κ2) is 7.93. The van der Waals surface area contributed by atoms with Crippen LogP contribution in [-0.4, -0.2) is 31.0 Å². The van der Waals surface area contributed by atoms with Gasteiger partial charge in [-0.25, -0.2) is 0 Å². The number of amides is 1. The summed E-state index contributed by atoms with van der Waals surface area (Å²) in [6.07, 6.45) is 6.70. The average Bonchev–Trinajstić information content (AvgIpc) is 2.44. The molecule has 1 rings (SSSR count). The molecule has 0 spiro atoms. The first-order valence-electron chi connectivity index (χ1n) is 6.04. The number of carbonyl (C=O) groups excluding carboxylic acids is 1. The van der Waals surface area contributed by atoms with E-state index in [0.717, 1.165) is 11.3 Å². The minimum atomic E-state index is -0.0670. The lowest BCUT2D eigenvalue weighted by atomic mass is 10.2. The van der Waals surface area contributed by atoms with E-state index >= 15 is 0 Å². The van der Waals surface area contributed by atoms with Gasteiger partial charge in [-0.2, -0.15) is 0 Å². The minimum absolute atomic E-state index is 0.0670. The molecule has 0 aliphatic heterocycles. The maximum Gasteiger partial charge on any atom is 0.247 e. The first kappa shape index (κ1) is 14.8. The summed E-state index contributed by atoms with van der Waals surface area (Å²) < 4.78 is 5.13. The van der Waals surface area contributed by atoms with E-state index in [-0.39, 0.29) is 5.91 Å². The molecule has 0 fully saturated rings. The summed E-state index contributed by atoms with van der Waals surface area (Å²) in [6.45, 7) is 8.29. The van der Waals surface area contributed by atoms with Crippen molar-refractivity contribution in [2.24, 2.45) is 0 Å². The van der Waals surface area contributed by atoms with Gasteiger partial charge in [0.05, 0.1) is 7.11 Å². The Hall–Kier alpha value is -2.29. The topological polar surface area (TPSA) is 29.5 Å². The molecule has 0 aliphatic carbocycles. The van der Waals surface area contributed by atoms with E-state index in [0.29, 0.717) is 13.1 Å². The Morgan fingerprint density at radius 3 is 2.58 bits per heavy atom. The number of hydrogen-bond acceptors (Lipinski definition) is 2. The number of rotatable bonds is 7. The highest BCUT2D eigenvalue weighted by Gasteiger charge is 2.06. The lowest BCUT2D eigenvalue weighted by Crippen LogP contribution is -2.29. The number of carbonyl (C=O) groups is 1. The molecule has 0 heterocycles. The SMILES string of the molecule is C=CCN(CC=C)C(=O)/C=C/c1cccc(OC)c1. The Morgan fingerprint density at radius 2 is 2.00 bits per heavy atom. The molecule has 100 valence electrons. The third kappa shape index (κ3) is 4.84. The number of nitrogens with zero attached hydrogens (tertiary/aromatic N) is 1. The van der Waals surface area contributed by atoms with Crippen LogP contribution >= 0.6 is 0 Å². The zero-order valence-electron chi connectivity index (χ0n) is 11.2. The van der Waals surface area contributed by atoms with Crippen LogP contribution < -0.4 is 4.74 Å². The molecule has 1 amide bonds. The van der Waals surface area contributed by atoms with Gasteiger partial charge in [-0.3, -0.25) is 4.79 Å². The minimum Gasteiger partial charge on any atom is -0.497 e. The van der Waals surface area contributed by atoms with Crippen LogP contribution in [-0.2, 0) is 4.79 Å². The zero-order valence-corrected chi connectivity index (χ0v) is 11.2. The van der Waals surface area contributed by atoms with Crippen molar-refractivity contribution >= 4 is 12.0 Å². The second-order valence-corrected chi connectivity index (χ2v) is 3.93. The maximum absolute atomic E-state index is 12.0. The van der Waals surface area contributed by atoms with Crippen LogP contribution in [0.1, 0.15) is 5.56 Å². The van der Waals surface area contributed by atoms with Crippen molar-refractivity contribution in [3.63, 3.8) is 0 Å². The van der Waals surface area contributed by atoms with E-state index in [1.165, 1.54) is 0 Å². The fourth-order valence-corrected chi connectivity index (χ4v) is 1.58. The van der Waals surface area contributed by atoms with Crippen LogP contribution in [0.3, 0.4) is 0 Å². The monoisotopic (exact) mass is 257 g/mol. The van der Waals surface area contributed by atoms with Crippen molar-refractivity contribution < 1.29 is 9.53 Å². The van der Waals surface area contributed by atoms with Crippen LogP contribution in [0.2, 0.25) is 0 Å². The van der Waals surface area contributed by atoms with Gasteiger partial charge < -0.3 is 9.64 Å². The van der Waals surface area contributed by atoms with Gasteiger partial charge in [0.25, 0.3) is 0 Å². The summed E-state index contributed by atoms with van der Waals surface area (Å²) in [6, 6.07) is 7.53. The molecule has 0 aromatic heterocycles. The summed E-state index contributed by atoms with van der Waals surface area (Å²) in [5.74, 6) is 0.700. The van der Waals surface area contributed by atoms with Crippen molar-refractivity contribution in [3.8, 4) is 5.75 Å². The molecular formula is C16H19NO2. The first-order chi connectivity index (χ1) is 9.21. The Labute approximate surface area is 114 Å². The molecule has 0 aliphatic rings. The third-order valence-corrected chi connectivity index (χ3v) is 2.52. The van der Waals surface area contributed by atoms with Crippen molar-refractivity contribution in [2.45, 2.75) is 0 Å². The van der Waals surface area contributed by atoms with E-state index in [9.17, 15) is 4.79 Å². The molecule has 0 saturated carbocycles. The van der Waals surface area contributed by atoms with Crippen molar-refractivity contribution in [2.75, 3.05) is 20.2 Å². The van der Waals surface area contributed by atoms with E-state index in [2.05, 4.69) is 13.2 Å². The molecular weight excluding hydrogens is 238 g/mol. The molecule has 1 aromatic rings. The Bertz CT molecular complexity index is 467. The lowest BCUT2D eigenvalue weighted by molar-refractivity contribution is -0.124. The highest BCUT2D eigenvalue weighted by Crippen LogP contribution is 2.13. The molecule has 0 unspecified atom stereocenters. The van der Waals surface area contributed by atoms with Gasteiger partial charge in [-0.05, 0) is 23.8 Å². The van der Waals surface area contributed by atoms with Crippen molar-refractivity contribution in [3.05, 3.63) is 61.2 Å². The molecule has 19 heavy (non-hydrogen) atoms. The summed E-state index contributed by atoms with van der Waals surface area (Å²) in [4.78, 5) is 13.6. The average molecular weight is 257 g/mol. The van der Waals surface area contributed by atoms with Gasteiger partial charge >= 0.3 is 0 Å². The normalized spacial score (nSPS) is 10.2. The predicted molar refractivity (Wildman–Crippen MR) is 79.0 cm³/mol. The maximum atomic E-state index is 12.0. The van der Waals surface area contributed by atoms with Gasteiger partial charge in [-0.15, -0.1) is 13.2 Å². The van der Waals surface area contributed by atoms with Gasteiger partial charge in [-0.1, -0.05) is 24.3 Å². The predicted octanol–water partition coefficient (Wildman–Crippen LogP) is 2.91. The van der Waals surface area contributed by atoms with Crippen LogP contribution in [0.15, 0.2) is 55.7 Å². The standard InChI is InChI=1S/C16H19NO2/c1-4-11-17(12-5-2)16(18)10-9-14-7-6-8-15(13-14)19-3/h4-10,13H,1-2,11-12H2,3H3/b10-9+. The van der Waals surface area contributed by atoms with Crippen molar-refractivity contribution in [1.82, 2.24) is 4.90 Å². The number of hydrogen-bond donors (Lipinski definition) is 0. The van der Waals surface area contributed by atoms with Crippen LogP contribution in [0.25, 0.3) is 6.08 Å². The molecule has 0 saturated heterocycles. The van der Waals surface area contributed by atoms with Crippen LogP contribution in [0, 0.1) is 0 Å². The molecule has 0 radical (unpaired) electrons. The Kier molecular flexibility index (Phi) is 6.16. The van der Waals surface area contributed by atoms with Gasteiger partial charge in [0.2, 0.25) is 5.91 Å². The van der Waals surface area contributed by atoms with E-state index in [4.69, 9.17) is 4.74 Å². The number of benzene rings is 1.